The molecule has 0 radical (unpaired) electrons. The zero-order valence-electron chi connectivity index (χ0n) is 16.0. The Labute approximate surface area is 171 Å². The number of aromatic nitrogens is 2. The van der Waals surface area contributed by atoms with Crippen LogP contribution < -0.4 is 5.69 Å². The first kappa shape index (κ1) is 21.5. The standard InChI is InChI=1S/C17H20N4O8S/c1-30(26,27)29-15-8-14(9-19-7-6-18-16(19)22)20(10-15)17(23)28-11-12-2-4-13(5-3-12)21(24)25/h2-7,14-15H,8-11H2,1H3,(H,18,22)/t14-,15+/m0/s1. The number of benzene rings is 1. The van der Waals surface area contributed by atoms with Crippen molar-refractivity contribution in [1.29, 1.82) is 0 Å². The van der Waals surface area contributed by atoms with E-state index in [2.05, 4.69) is 4.98 Å². The summed E-state index contributed by atoms with van der Waals surface area (Å²) in [6.45, 7) is -0.00363. The molecule has 0 spiro atoms. The number of ether oxygens (including phenoxy) is 1. The molecule has 0 bridgehead atoms. The zero-order chi connectivity index (χ0) is 21.9. The highest BCUT2D eigenvalue weighted by molar-refractivity contribution is 7.86. The predicted molar refractivity (Wildman–Crippen MR) is 103 cm³/mol. The fourth-order valence-electron chi connectivity index (χ4n) is 3.25. The molecule has 1 aromatic carbocycles. The number of rotatable bonds is 7. The van der Waals surface area contributed by atoms with Crippen molar-refractivity contribution in [3.05, 3.63) is 62.8 Å². The third-order valence-corrected chi connectivity index (χ3v) is 5.18. The molecule has 0 aliphatic carbocycles. The van der Waals surface area contributed by atoms with Gasteiger partial charge in [-0.2, -0.15) is 8.42 Å². The van der Waals surface area contributed by atoms with Crippen LogP contribution in [0, 0.1) is 10.1 Å². The van der Waals surface area contributed by atoms with Gasteiger partial charge in [-0.05, 0) is 24.1 Å². The number of amides is 1. The fraction of sp³-hybridized carbons (Fsp3) is 0.412. The third-order valence-electron chi connectivity index (χ3n) is 4.56. The molecule has 2 atom stereocenters. The minimum absolute atomic E-state index is 0.0179. The predicted octanol–water partition coefficient (Wildman–Crippen LogP) is 0.841. The van der Waals surface area contributed by atoms with Crippen LogP contribution in [-0.4, -0.2) is 58.8 Å². The van der Waals surface area contributed by atoms with E-state index in [-0.39, 0.29) is 37.5 Å². The van der Waals surface area contributed by atoms with E-state index in [0.29, 0.717) is 5.56 Å². The van der Waals surface area contributed by atoms with Crippen LogP contribution in [0.1, 0.15) is 12.0 Å². The number of carbonyl (C=O) groups is 1. The molecule has 162 valence electrons. The Morgan fingerprint density at radius 2 is 2.03 bits per heavy atom. The number of likely N-dealkylation sites (tertiary alicyclic amines) is 1. The maximum absolute atomic E-state index is 12.6. The number of nitrogens with one attached hydrogen (secondary N) is 1. The average molecular weight is 440 g/mol. The average Bonchev–Trinajstić information content (AvgIpc) is 3.25. The minimum atomic E-state index is -3.73. The van der Waals surface area contributed by atoms with Gasteiger partial charge in [0.05, 0.1) is 29.9 Å². The largest absolute Gasteiger partial charge is 0.445 e. The van der Waals surface area contributed by atoms with Crippen molar-refractivity contribution >= 4 is 21.9 Å². The number of hydrogen-bond donors (Lipinski definition) is 1. The maximum atomic E-state index is 12.6. The summed E-state index contributed by atoms with van der Waals surface area (Å²) in [6.07, 6.45) is 2.64. The van der Waals surface area contributed by atoms with E-state index in [0.717, 1.165) is 6.26 Å². The van der Waals surface area contributed by atoms with Gasteiger partial charge in [-0.3, -0.25) is 18.9 Å². The number of non-ortho nitro benzene ring substituents is 1. The normalized spacial score (nSPS) is 19.0. The van der Waals surface area contributed by atoms with Gasteiger partial charge < -0.3 is 14.6 Å². The highest BCUT2D eigenvalue weighted by Crippen LogP contribution is 2.24. The molecule has 1 aliphatic rings. The molecular formula is C17H20N4O8S. The van der Waals surface area contributed by atoms with Gasteiger partial charge in [-0.1, -0.05) is 0 Å². The van der Waals surface area contributed by atoms with Gasteiger partial charge in [-0.15, -0.1) is 0 Å². The van der Waals surface area contributed by atoms with E-state index in [4.69, 9.17) is 8.92 Å². The second kappa shape index (κ2) is 8.67. The number of hydrogen-bond acceptors (Lipinski definition) is 8. The lowest BCUT2D eigenvalue weighted by Gasteiger charge is -2.23. The highest BCUT2D eigenvalue weighted by atomic mass is 32.2. The topological polar surface area (TPSA) is 154 Å². The zero-order valence-corrected chi connectivity index (χ0v) is 16.8. The Balaban J connectivity index is 1.68. The quantitative estimate of drug-likeness (QED) is 0.377. The molecule has 2 heterocycles. The first-order chi connectivity index (χ1) is 14.1. The summed E-state index contributed by atoms with van der Waals surface area (Å²) in [4.78, 5) is 38.4. The van der Waals surface area contributed by atoms with Crippen molar-refractivity contribution in [1.82, 2.24) is 14.5 Å². The second-order valence-electron chi connectivity index (χ2n) is 6.86. The summed E-state index contributed by atoms with van der Waals surface area (Å²) in [5, 5.41) is 10.7. The highest BCUT2D eigenvalue weighted by Gasteiger charge is 2.38. The summed E-state index contributed by atoms with van der Waals surface area (Å²) in [5.74, 6) is 0. The lowest BCUT2D eigenvalue weighted by atomic mass is 10.2. The Kier molecular flexibility index (Phi) is 6.22. The van der Waals surface area contributed by atoms with Crippen molar-refractivity contribution < 1.29 is 27.1 Å². The minimum Gasteiger partial charge on any atom is -0.445 e. The molecule has 1 aromatic heterocycles. The van der Waals surface area contributed by atoms with Gasteiger partial charge >= 0.3 is 11.8 Å². The molecule has 30 heavy (non-hydrogen) atoms. The molecule has 12 nitrogen and oxygen atoms in total. The number of nitro groups is 1. The monoisotopic (exact) mass is 440 g/mol. The molecule has 0 unspecified atom stereocenters. The van der Waals surface area contributed by atoms with Crippen molar-refractivity contribution in [2.45, 2.75) is 31.7 Å². The van der Waals surface area contributed by atoms with Crippen LogP contribution in [0.4, 0.5) is 10.5 Å². The summed E-state index contributed by atoms with van der Waals surface area (Å²) in [7, 11) is -3.73. The summed E-state index contributed by atoms with van der Waals surface area (Å²) < 4.78 is 34.6. The van der Waals surface area contributed by atoms with Crippen LogP contribution in [0.3, 0.4) is 0 Å². The Hall–Kier alpha value is -3.19. The Morgan fingerprint density at radius 1 is 1.33 bits per heavy atom. The van der Waals surface area contributed by atoms with Crippen LogP contribution in [0.5, 0.6) is 0 Å². The van der Waals surface area contributed by atoms with Crippen LogP contribution in [0.2, 0.25) is 0 Å². The molecule has 3 rings (SSSR count). The molecule has 1 fully saturated rings. The molecule has 1 aliphatic heterocycles. The van der Waals surface area contributed by atoms with Crippen molar-refractivity contribution in [2.24, 2.45) is 0 Å². The van der Waals surface area contributed by atoms with Gasteiger partial charge in [0, 0.05) is 31.1 Å². The number of aromatic amines is 1. The number of carbonyl (C=O) groups excluding carboxylic acids is 1. The van der Waals surface area contributed by atoms with Crippen LogP contribution in [0.15, 0.2) is 41.5 Å². The lowest BCUT2D eigenvalue weighted by molar-refractivity contribution is -0.384. The number of imidazole rings is 1. The van der Waals surface area contributed by atoms with E-state index in [9.17, 15) is 28.1 Å². The summed E-state index contributed by atoms with van der Waals surface area (Å²) in [5.41, 5.74) is 0.111. The van der Waals surface area contributed by atoms with Gasteiger partial charge in [0.25, 0.3) is 15.8 Å². The number of nitrogens with zero attached hydrogens (tertiary/aromatic N) is 3. The first-order valence-corrected chi connectivity index (χ1v) is 10.7. The summed E-state index contributed by atoms with van der Waals surface area (Å²) in [6, 6.07) is 5.03. The molecule has 1 amide bonds. The third kappa shape index (κ3) is 5.45. The van der Waals surface area contributed by atoms with Crippen molar-refractivity contribution in [3.63, 3.8) is 0 Å². The molecular weight excluding hydrogens is 420 g/mol. The van der Waals surface area contributed by atoms with Gasteiger partial charge in [0.15, 0.2) is 0 Å². The second-order valence-corrected chi connectivity index (χ2v) is 8.46. The first-order valence-electron chi connectivity index (χ1n) is 8.91. The van der Waals surface area contributed by atoms with E-state index in [1.165, 1.54) is 46.1 Å². The van der Waals surface area contributed by atoms with Gasteiger partial charge in [-0.25, -0.2) is 9.59 Å². The van der Waals surface area contributed by atoms with Crippen molar-refractivity contribution in [3.8, 4) is 0 Å². The Bertz CT molecular complexity index is 1080. The maximum Gasteiger partial charge on any atom is 0.410 e. The van der Waals surface area contributed by atoms with E-state index in [1.807, 2.05) is 0 Å². The number of H-pyrrole nitrogens is 1. The van der Waals surface area contributed by atoms with E-state index >= 15 is 0 Å². The summed E-state index contributed by atoms with van der Waals surface area (Å²) >= 11 is 0. The molecule has 13 heteroatoms. The molecule has 1 saturated heterocycles. The Morgan fingerprint density at radius 3 is 2.60 bits per heavy atom. The van der Waals surface area contributed by atoms with Crippen LogP contribution >= 0.6 is 0 Å². The number of nitro benzene ring substituents is 1. The van der Waals surface area contributed by atoms with E-state index in [1.54, 1.807) is 0 Å². The van der Waals surface area contributed by atoms with Gasteiger partial charge in [0.1, 0.15) is 6.61 Å². The lowest BCUT2D eigenvalue weighted by Crippen LogP contribution is -2.40. The fourth-order valence-corrected chi connectivity index (χ4v) is 3.88. The van der Waals surface area contributed by atoms with Crippen molar-refractivity contribution in [2.75, 3.05) is 12.8 Å². The van der Waals surface area contributed by atoms with Crippen LogP contribution in [0.25, 0.3) is 0 Å². The molecule has 1 N–H and O–H groups in total. The SMILES string of the molecule is CS(=O)(=O)O[C@@H]1C[C@@H](Cn2cc[nH]c2=O)N(C(=O)OCc2ccc([N+](=O)[O-])cc2)C1. The smallest absolute Gasteiger partial charge is 0.410 e. The van der Waals surface area contributed by atoms with Gasteiger partial charge in [0.2, 0.25) is 0 Å². The van der Waals surface area contributed by atoms with Crippen LogP contribution in [-0.2, 0) is 32.2 Å². The molecule has 0 saturated carbocycles. The van der Waals surface area contributed by atoms with E-state index < -0.39 is 33.3 Å². The molecule has 2 aromatic rings.